The van der Waals surface area contributed by atoms with Crippen LogP contribution in [0.2, 0.25) is 0 Å². The summed E-state index contributed by atoms with van der Waals surface area (Å²) >= 11 is 1.83. The molecule has 0 aliphatic heterocycles. The minimum atomic E-state index is 0.559. The highest BCUT2D eigenvalue weighted by atomic mass is 32.1. The zero-order chi connectivity index (χ0) is 41.2. The summed E-state index contributed by atoms with van der Waals surface area (Å²) in [5.41, 5.74) is 15.1. The molecular weight excluding hydrogens is 793 g/mol. The van der Waals surface area contributed by atoms with Crippen LogP contribution in [0.3, 0.4) is 0 Å². The van der Waals surface area contributed by atoms with Crippen molar-refractivity contribution in [3.63, 3.8) is 0 Å². The van der Waals surface area contributed by atoms with Gasteiger partial charge in [0.1, 0.15) is 0 Å². The number of aromatic nitrogens is 8. The number of fused-ring (bicyclic) bond motifs is 13. The molecule has 0 radical (unpaired) electrons. The molecule has 0 saturated heterocycles. The van der Waals surface area contributed by atoms with Crippen molar-refractivity contribution in [3.05, 3.63) is 194 Å². The summed E-state index contributed by atoms with van der Waals surface area (Å²) in [6.07, 6.45) is 0. The lowest BCUT2D eigenvalue weighted by Gasteiger charge is -2.11. The van der Waals surface area contributed by atoms with Gasteiger partial charge in [0.15, 0.2) is 0 Å². The number of thiophene rings is 1. The molecule has 0 unspecified atom stereocenters. The molecule has 0 atom stereocenters. The van der Waals surface area contributed by atoms with Crippen LogP contribution in [0.15, 0.2) is 194 Å². The van der Waals surface area contributed by atoms with Gasteiger partial charge in [-0.2, -0.15) is 0 Å². The lowest BCUT2D eigenvalue weighted by molar-refractivity contribution is 0.972. The third kappa shape index (κ3) is 5.08. The molecule has 0 fully saturated rings. The number of imidazole rings is 4. The van der Waals surface area contributed by atoms with Gasteiger partial charge < -0.3 is 0 Å². The monoisotopic (exact) mass is 824 g/mol. The minimum absolute atomic E-state index is 0.559. The summed E-state index contributed by atoms with van der Waals surface area (Å²) in [5, 5.41) is 2.57. The van der Waals surface area contributed by atoms with Crippen molar-refractivity contribution in [1.82, 2.24) is 37.9 Å². The van der Waals surface area contributed by atoms with E-state index in [0.29, 0.717) is 5.95 Å². The maximum absolute atomic E-state index is 5.25. The average molecular weight is 825 g/mol. The van der Waals surface area contributed by atoms with Gasteiger partial charge in [0.25, 0.3) is 0 Å². The summed E-state index contributed by atoms with van der Waals surface area (Å²) in [5.74, 6) is 2.20. The topological polar surface area (TPSA) is 70.2 Å². The van der Waals surface area contributed by atoms with Crippen LogP contribution < -0.4 is 0 Å². The van der Waals surface area contributed by atoms with Crippen molar-refractivity contribution in [2.45, 2.75) is 0 Å². The van der Waals surface area contributed by atoms with Crippen LogP contribution in [0.1, 0.15) is 0 Å². The first-order valence-electron chi connectivity index (χ1n) is 21.0. The standard InChI is InChI=1S/C54H32N8S/c1-3-13-33(14-4-1)42-32-43(34-15-5-2-6-16-34)56-52(55-42)62-47-28-24-36(30-49(47)61-45-21-11-9-19-41(45)58-54(61)62)35-23-27-46-48(29-35)60-44-20-10-8-18-40(44)57-53(60)59(46)37-25-26-39-38-17-7-12-22-50(38)63-51(39)31-37/h1-32H. The van der Waals surface area contributed by atoms with E-state index in [-0.39, 0.29) is 0 Å². The van der Waals surface area contributed by atoms with Gasteiger partial charge in [-0.25, -0.2) is 24.5 Å². The van der Waals surface area contributed by atoms with E-state index in [4.69, 9.17) is 19.9 Å². The molecule has 63 heavy (non-hydrogen) atoms. The lowest BCUT2D eigenvalue weighted by atomic mass is 10.0. The Kier molecular flexibility index (Phi) is 7.11. The predicted octanol–water partition coefficient (Wildman–Crippen LogP) is 13.3. The van der Waals surface area contributed by atoms with Crippen molar-refractivity contribution in [3.8, 4) is 45.3 Å². The third-order valence-electron chi connectivity index (χ3n) is 12.4. The Morgan fingerprint density at radius 2 is 0.857 bits per heavy atom. The molecule has 9 heteroatoms. The van der Waals surface area contributed by atoms with E-state index in [9.17, 15) is 0 Å². The highest BCUT2D eigenvalue weighted by Gasteiger charge is 2.23. The zero-order valence-corrected chi connectivity index (χ0v) is 34.3. The van der Waals surface area contributed by atoms with Crippen molar-refractivity contribution < 1.29 is 0 Å². The highest BCUT2D eigenvalue weighted by molar-refractivity contribution is 7.25. The first-order valence-corrected chi connectivity index (χ1v) is 21.8. The van der Waals surface area contributed by atoms with Gasteiger partial charge in [-0.15, -0.1) is 11.3 Å². The van der Waals surface area contributed by atoms with Crippen LogP contribution in [-0.2, 0) is 0 Å². The largest absolute Gasteiger partial charge is 0.278 e. The molecule has 0 bridgehead atoms. The Bertz CT molecular complexity index is 4090. The minimum Gasteiger partial charge on any atom is -0.278 e. The summed E-state index contributed by atoms with van der Waals surface area (Å²) in [4.78, 5) is 21.0. The number of benzene rings is 8. The third-order valence-corrected chi connectivity index (χ3v) is 13.5. The van der Waals surface area contributed by atoms with Crippen LogP contribution in [0.25, 0.3) is 121 Å². The van der Waals surface area contributed by atoms with Gasteiger partial charge in [-0.05, 0) is 83.9 Å². The van der Waals surface area contributed by atoms with Crippen LogP contribution in [0, 0.1) is 0 Å². The quantitative estimate of drug-likeness (QED) is 0.173. The fourth-order valence-electron chi connectivity index (χ4n) is 9.51. The first kappa shape index (κ1) is 34.3. The summed E-state index contributed by atoms with van der Waals surface area (Å²) in [6.45, 7) is 0. The fourth-order valence-corrected chi connectivity index (χ4v) is 10.7. The number of hydrogen-bond donors (Lipinski definition) is 0. The molecule has 14 rings (SSSR count). The number of hydrogen-bond acceptors (Lipinski definition) is 5. The summed E-state index contributed by atoms with van der Waals surface area (Å²) in [7, 11) is 0. The summed E-state index contributed by atoms with van der Waals surface area (Å²) < 4.78 is 11.5. The molecule has 6 aromatic heterocycles. The normalized spacial score (nSPS) is 12.1. The van der Waals surface area contributed by atoms with Gasteiger partial charge in [0.05, 0.1) is 61.2 Å². The summed E-state index contributed by atoms with van der Waals surface area (Å²) in [6, 6.07) is 68.3. The Hall–Kier alpha value is -8.40. The van der Waals surface area contributed by atoms with E-state index in [1.54, 1.807) is 0 Å². The molecule has 0 aliphatic rings. The number of para-hydroxylation sites is 4. The van der Waals surface area contributed by atoms with Gasteiger partial charge in [-0.3, -0.25) is 13.4 Å². The molecule has 0 aliphatic carbocycles. The van der Waals surface area contributed by atoms with E-state index < -0.39 is 0 Å². The molecule has 8 nitrogen and oxygen atoms in total. The van der Waals surface area contributed by atoms with Crippen molar-refractivity contribution in [2.75, 3.05) is 0 Å². The molecule has 0 spiro atoms. The van der Waals surface area contributed by atoms with Crippen LogP contribution in [-0.4, -0.2) is 37.9 Å². The van der Waals surface area contributed by atoms with E-state index >= 15 is 0 Å². The van der Waals surface area contributed by atoms with Crippen molar-refractivity contribution in [1.29, 1.82) is 0 Å². The molecule has 0 N–H and O–H groups in total. The highest BCUT2D eigenvalue weighted by Crippen LogP contribution is 2.39. The van der Waals surface area contributed by atoms with E-state index in [1.165, 1.54) is 20.2 Å². The van der Waals surface area contributed by atoms with Gasteiger partial charge in [0.2, 0.25) is 17.5 Å². The molecule has 0 amide bonds. The molecule has 8 aromatic carbocycles. The second kappa shape index (κ2) is 13.1. The van der Waals surface area contributed by atoms with Crippen molar-refractivity contribution in [2.24, 2.45) is 0 Å². The van der Waals surface area contributed by atoms with E-state index in [0.717, 1.165) is 95.0 Å². The zero-order valence-electron chi connectivity index (χ0n) is 33.5. The Balaban J connectivity index is 0.990. The smallest absolute Gasteiger partial charge is 0.238 e. The molecular formula is C54H32N8S. The van der Waals surface area contributed by atoms with Crippen molar-refractivity contribution >= 4 is 87.2 Å². The van der Waals surface area contributed by atoms with E-state index in [1.807, 2.05) is 53.8 Å². The van der Waals surface area contributed by atoms with Gasteiger partial charge in [-0.1, -0.05) is 121 Å². The Labute approximate surface area is 362 Å². The van der Waals surface area contributed by atoms with Crippen LogP contribution >= 0.6 is 11.3 Å². The predicted molar refractivity (Wildman–Crippen MR) is 257 cm³/mol. The van der Waals surface area contributed by atoms with E-state index in [2.05, 4.69) is 170 Å². The first-order chi connectivity index (χ1) is 31.2. The SMILES string of the molecule is c1ccc(-c2cc(-c3ccccc3)nc(-n3c4ccc(-c5ccc6c(c5)n5c7ccccc7nc5n6-c5ccc6c(c5)sc5ccccc56)cc4n4c5ccccc5nc34)n2)cc1. The molecule has 0 saturated carbocycles. The van der Waals surface area contributed by atoms with Gasteiger partial charge >= 0.3 is 0 Å². The lowest BCUT2D eigenvalue weighted by Crippen LogP contribution is -2.04. The maximum Gasteiger partial charge on any atom is 0.238 e. The number of nitrogens with zero attached hydrogens (tertiary/aromatic N) is 8. The fraction of sp³-hybridized carbons (Fsp3) is 0. The second-order valence-corrected chi connectivity index (χ2v) is 17.1. The van der Waals surface area contributed by atoms with Crippen LogP contribution in [0.5, 0.6) is 0 Å². The average Bonchev–Trinajstić information content (AvgIpc) is 4.15. The molecule has 14 aromatic rings. The van der Waals surface area contributed by atoms with Gasteiger partial charge in [0, 0.05) is 31.3 Å². The Morgan fingerprint density at radius 1 is 0.333 bits per heavy atom. The number of rotatable bonds is 5. The maximum atomic E-state index is 5.25. The molecule has 6 heterocycles. The Morgan fingerprint density at radius 3 is 1.49 bits per heavy atom. The van der Waals surface area contributed by atoms with Crippen LogP contribution in [0.4, 0.5) is 0 Å². The molecule has 294 valence electrons. The second-order valence-electron chi connectivity index (χ2n) is 16.0.